The van der Waals surface area contributed by atoms with Crippen molar-refractivity contribution in [3.05, 3.63) is 29.8 Å². The van der Waals surface area contributed by atoms with E-state index < -0.39 is 0 Å². The summed E-state index contributed by atoms with van der Waals surface area (Å²) in [5.41, 5.74) is 7.90. The maximum atomic E-state index is 6.44. The number of benzene rings is 1. The van der Waals surface area contributed by atoms with Crippen LogP contribution in [-0.4, -0.2) is 12.6 Å². The number of aryl methyl sites for hydroxylation is 1. The van der Waals surface area contributed by atoms with Crippen LogP contribution in [0.3, 0.4) is 0 Å². The standard InChI is InChI=1S/C15H23NO.ClH/c1-17-14-7-5-13(6-8-14)9-12-15(16)10-3-2-4-11-15;/h5-8H,2-4,9-12,16H2,1H3;1H. The second-order valence-electron chi connectivity index (χ2n) is 5.27. The van der Waals surface area contributed by atoms with Crippen LogP contribution >= 0.6 is 12.4 Å². The van der Waals surface area contributed by atoms with E-state index in [1.165, 1.54) is 37.7 Å². The van der Waals surface area contributed by atoms with E-state index in [1.807, 2.05) is 12.1 Å². The minimum atomic E-state index is 0. The molecule has 0 saturated heterocycles. The predicted molar refractivity (Wildman–Crippen MR) is 78.6 cm³/mol. The van der Waals surface area contributed by atoms with Gasteiger partial charge >= 0.3 is 0 Å². The molecule has 1 aliphatic carbocycles. The largest absolute Gasteiger partial charge is 0.497 e. The Hall–Kier alpha value is -0.730. The Bertz CT molecular complexity index is 344. The third-order valence-corrected chi connectivity index (χ3v) is 3.92. The van der Waals surface area contributed by atoms with Crippen molar-refractivity contribution in [3.63, 3.8) is 0 Å². The van der Waals surface area contributed by atoms with Crippen molar-refractivity contribution >= 4 is 12.4 Å². The molecule has 0 bridgehead atoms. The molecule has 0 amide bonds. The van der Waals surface area contributed by atoms with E-state index in [2.05, 4.69) is 12.1 Å². The highest BCUT2D eigenvalue weighted by Gasteiger charge is 2.26. The van der Waals surface area contributed by atoms with Gasteiger partial charge in [0.2, 0.25) is 0 Å². The number of methoxy groups -OCH3 is 1. The second kappa shape index (κ2) is 7.01. The van der Waals surface area contributed by atoms with Gasteiger partial charge in [-0.1, -0.05) is 31.4 Å². The zero-order valence-electron chi connectivity index (χ0n) is 11.2. The Morgan fingerprint density at radius 1 is 1.11 bits per heavy atom. The molecule has 1 fully saturated rings. The molecule has 0 unspecified atom stereocenters. The highest BCUT2D eigenvalue weighted by molar-refractivity contribution is 5.85. The van der Waals surface area contributed by atoms with Gasteiger partial charge in [0, 0.05) is 5.54 Å². The zero-order valence-corrected chi connectivity index (χ0v) is 12.0. The Kier molecular flexibility index (Phi) is 5.97. The van der Waals surface area contributed by atoms with Crippen molar-refractivity contribution < 1.29 is 4.74 Å². The summed E-state index contributed by atoms with van der Waals surface area (Å²) in [5.74, 6) is 0.925. The van der Waals surface area contributed by atoms with E-state index in [-0.39, 0.29) is 17.9 Å². The van der Waals surface area contributed by atoms with E-state index in [9.17, 15) is 0 Å². The van der Waals surface area contributed by atoms with Crippen LogP contribution in [0.15, 0.2) is 24.3 Å². The van der Waals surface area contributed by atoms with Gasteiger partial charge in [0.1, 0.15) is 5.75 Å². The van der Waals surface area contributed by atoms with Gasteiger partial charge in [-0.05, 0) is 43.4 Å². The van der Waals surface area contributed by atoms with Crippen LogP contribution in [0.1, 0.15) is 44.1 Å². The molecule has 0 aliphatic heterocycles. The average molecular weight is 270 g/mol. The number of hydrogen-bond acceptors (Lipinski definition) is 2. The lowest BCUT2D eigenvalue weighted by Crippen LogP contribution is -2.41. The summed E-state index contributed by atoms with van der Waals surface area (Å²) in [4.78, 5) is 0. The highest BCUT2D eigenvalue weighted by atomic mass is 35.5. The van der Waals surface area contributed by atoms with Gasteiger partial charge in [-0.2, -0.15) is 0 Å². The first-order valence-corrected chi connectivity index (χ1v) is 6.64. The lowest BCUT2D eigenvalue weighted by molar-refractivity contribution is 0.278. The molecule has 1 aromatic rings. The fraction of sp³-hybridized carbons (Fsp3) is 0.600. The van der Waals surface area contributed by atoms with Crippen molar-refractivity contribution in [1.82, 2.24) is 0 Å². The first-order valence-electron chi connectivity index (χ1n) is 6.64. The fourth-order valence-corrected chi connectivity index (χ4v) is 2.69. The molecule has 18 heavy (non-hydrogen) atoms. The van der Waals surface area contributed by atoms with Crippen LogP contribution in [0.4, 0.5) is 0 Å². The third-order valence-electron chi connectivity index (χ3n) is 3.92. The molecule has 1 aliphatic rings. The lowest BCUT2D eigenvalue weighted by Gasteiger charge is -2.33. The van der Waals surface area contributed by atoms with Crippen LogP contribution in [0.5, 0.6) is 5.75 Å². The molecule has 2 N–H and O–H groups in total. The molecule has 2 rings (SSSR count). The van der Waals surface area contributed by atoms with Crippen molar-refractivity contribution in [2.45, 2.75) is 50.5 Å². The molecule has 3 heteroatoms. The van der Waals surface area contributed by atoms with E-state index in [0.717, 1.165) is 18.6 Å². The monoisotopic (exact) mass is 269 g/mol. The van der Waals surface area contributed by atoms with Gasteiger partial charge in [-0.3, -0.25) is 0 Å². The molecule has 0 atom stereocenters. The normalized spacial score (nSPS) is 17.9. The second-order valence-corrected chi connectivity index (χ2v) is 5.27. The van der Waals surface area contributed by atoms with Crippen molar-refractivity contribution in [2.24, 2.45) is 5.73 Å². The Labute approximate surface area is 116 Å². The van der Waals surface area contributed by atoms with Crippen molar-refractivity contribution in [2.75, 3.05) is 7.11 Å². The molecule has 0 aromatic heterocycles. The molecule has 2 nitrogen and oxygen atoms in total. The van der Waals surface area contributed by atoms with Crippen molar-refractivity contribution in [1.29, 1.82) is 0 Å². The number of rotatable bonds is 4. The topological polar surface area (TPSA) is 35.2 Å². The Morgan fingerprint density at radius 3 is 2.28 bits per heavy atom. The Balaban J connectivity index is 0.00000162. The summed E-state index contributed by atoms with van der Waals surface area (Å²) < 4.78 is 5.16. The smallest absolute Gasteiger partial charge is 0.118 e. The predicted octanol–water partition coefficient (Wildman–Crippen LogP) is 3.71. The number of halogens is 1. The molecule has 0 radical (unpaired) electrons. The van der Waals surface area contributed by atoms with E-state index >= 15 is 0 Å². The minimum absolute atomic E-state index is 0. The summed E-state index contributed by atoms with van der Waals surface area (Å²) in [6.07, 6.45) is 8.56. The van der Waals surface area contributed by atoms with Gasteiger partial charge in [0.15, 0.2) is 0 Å². The molecule has 102 valence electrons. The molecule has 0 spiro atoms. The molecular weight excluding hydrogens is 246 g/mol. The molecular formula is C15H24ClNO. The van der Waals surface area contributed by atoms with Crippen LogP contribution in [0.2, 0.25) is 0 Å². The number of ether oxygens (including phenoxy) is 1. The molecule has 1 saturated carbocycles. The average Bonchev–Trinajstić information content (AvgIpc) is 2.38. The van der Waals surface area contributed by atoms with Crippen LogP contribution in [-0.2, 0) is 6.42 Å². The number of nitrogens with two attached hydrogens (primary N) is 1. The first kappa shape index (κ1) is 15.3. The summed E-state index contributed by atoms with van der Waals surface area (Å²) >= 11 is 0. The molecule has 0 heterocycles. The van der Waals surface area contributed by atoms with Gasteiger partial charge in [0.05, 0.1) is 7.11 Å². The number of hydrogen-bond donors (Lipinski definition) is 1. The van der Waals surface area contributed by atoms with Crippen LogP contribution in [0, 0.1) is 0 Å². The van der Waals surface area contributed by atoms with E-state index in [0.29, 0.717) is 0 Å². The summed E-state index contributed by atoms with van der Waals surface area (Å²) in [6, 6.07) is 8.34. The van der Waals surface area contributed by atoms with Gasteiger partial charge in [-0.25, -0.2) is 0 Å². The fourth-order valence-electron chi connectivity index (χ4n) is 2.69. The lowest BCUT2D eigenvalue weighted by atomic mass is 9.79. The minimum Gasteiger partial charge on any atom is -0.497 e. The third kappa shape index (κ3) is 4.18. The zero-order chi connectivity index (χ0) is 12.1. The highest BCUT2D eigenvalue weighted by Crippen LogP contribution is 2.29. The summed E-state index contributed by atoms with van der Waals surface area (Å²) in [6.45, 7) is 0. The maximum absolute atomic E-state index is 6.44. The SMILES string of the molecule is COc1ccc(CCC2(N)CCCCC2)cc1.Cl. The summed E-state index contributed by atoms with van der Waals surface area (Å²) in [5, 5.41) is 0. The quantitative estimate of drug-likeness (QED) is 0.904. The van der Waals surface area contributed by atoms with Gasteiger partial charge in [-0.15, -0.1) is 12.4 Å². The Morgan fingerprint density at radius 2 is 1.72 bits per heavy atom. The van der Waals surface area contributed by atoms with Crippen molar-refractivity contribution in [3.8, 4) is 5.75 Å². The maximum Gasteiger partial charge on any atom is 0.118 e. The van der Waals surface area contributed by atoms with E-state index in [4.69, 9.17) is 10.5 Å². The van der Waals surface area contributed by atoms with Gasteiger partial charge < -0.3 is 10.5 Å². The summed E-state index contributed by atoms with van der Waals surface area (Å²) in [7, 11) is 1.70. The van der Waals surface area contributed by atoms with Crippen LogP contribution < -0.4 is 10.5 Å². The van der Waals surface area contributed by atoms with Gasteiger partial charge in [0.25, 0.3) is 0 Å². The van der Waals surface area contributed by atoms with Crippen LogP contribution in [0.25, 0.3) is 0 Å². The van der Waals surface area contributed by atoms with E-state index in [1.54, 1.807) is 7.11 Å². The first-order chi connectivity index (χ1) is 8.22. The molecule has 1 aromatic carbocycles.